The van der Waals surface area contributed by atoms with Crippen LogP contribution in [0.25, 0.3) is 11.4 Å². The minimum Gasteiger partial charge on any atom is -0.339 e. The second-order valence-electron chi connectivity index (χ2n) is 6.72. The van der Waals surface area contributed by atoms with Crippen LogP contribution in [0.3, 0.4) is 0 Å². The van der Waals surface area contributed by atoms with Crippen molar-refractivity contribution in [2.24, 2.45) is 0 Å². The third-order valence-corrected chi connectivity index (χ3v) is 4.74. The molecule has 25 heavy (non-hydrogen) atoms. The van der Waals surface area contributed by atoms with E-state index in [2.05, 4.69) is 20.8 Å². The lowest BCUT2D eigenvalue weighted by Gasteiger charge is -2.35. The molecule has 2 aliphatic rings. The zero-order valence-corrected chi connectivity index (χ0v) is 13.7. The Morgan fingerprint density at radius 1 is 1.32 bits per heavy atom. The standard InChI is InChI=1S/C17H18F2N4O2/c1-9-20-15(23-25-9)11-2-4-13-10(6-11)3-5-14(13)22-16(24)21-12-7-17(18,19)8-12/h2,4,6,12,14H,3,5,7-8H2,1H3,(H2,21,22,24)/t14-/m1/s1. The van der Waals surface area contributed by atoms with Crippen molar-refractivity contribution in [3.63, 3.8) is 0 Å². The van der Waals surface area contributed by atoms with Crippen molar-refractivity contribution in [3.05, 3.63) is 35.2 Å². The van der Waals surface area contributed by atoms with Crippen LogP contribution in [0.2, 0.25) is 0 Å². The minimum absolute atomic E-state index is 0.114. The molecular formula is C17H18F2N4O2. The van der Waals surface area contributed by atoms with Crippen LogP contribution in [0.1, 0.15) is 42.3 Å². The van der Waals surface area contributed by atoms with E-state index >= 15 is 0 Å². The highest BCUT2D eigenvalue weighted by atomic mass is 19.3. The van der Waals surface area contributed by atoms with Crippen LogP contribution in [-0.4, -0.2) is 28.1 Å². The van der Waals surface area contributed by atoms with Gasteiger partial charge in [-0.1, -0.05) is 17.3 Å². The van der Waals surface area contributed by atoms with E-state index in [1.807, 2.05) is 18.2 Å². The Morgan fingerprint density at radius 2 is 2.12 bits per heavy atom. The number of alkyl halides is 2. The molecular weight excluding hydrogens is 330 g/mol. The van der Waals surface area contributed by atoms with Crippen LogP contribution in [0.4, 0.5) is 13.6 Å². The number of urea groups is 1. The Hall–Kier alpha value is -2.51. The highest BCUT2D eigenvalue weighted by Gasteiger charge is 2.46. The molecule has 1 aromatic heterocycles. The maximum atomic E-state index is 12.8. The highest BCUT2D eigenvalue weighted by molar-refractivity contribution is 5.75. The molecule has 4 rings (SSSR count). The van der Waals surface area contributed by atoms with Gasteiger partial charge >= 0.3 is 6.03 Å². The Kier molecular flexibility index (Phi) is 3.70. The number of aromatic nitrogens is 2. The summed E-state index contributed by atoms with van der Waals surface area (Å²) in [4.78, 5) is 16.2. The topological polar surface area (TPSA) is 80.0 Å². The molecule has 2 aromatic rings. The lowest BCUT2D eigenvalue weighted by molar-refractivity contribution is -0.0896. The first-order valence-electron chi connectivity index (χ1n) is 8.28. The molecule has 2 amide bonds. The van der Waals surface area contributed by atoms with E-state index in [4.69, 9.17) is 4.52 Å². The van der Waals surface area contributed by atoms with Crippen molar-refractivity contribution >= 4 is 6.03 Å². The van der Waals surface area contributed by atoms with Gasteiger partial charge in [0.1, 0.15) is 0 Å². The van der Waals surface area contributed by atoms with E-state index in [9.17, 15) is 13.6 Å². The van der Waals surface area contributed by atoms with Crippen molar-refractivity contribution in [1.82, 2.24) is 20.8 Å². The van der Waals surface area contributed by atoms with E-state index < -0.39 is 18.0 Å². The monoisotopic (exact) mass is 348 g/mol. The van der Waals surface area contributed by atoms with Crippen molar-refractivity contribution in [2.75, 3.05) is 0 Å². The lowest BCUT2D eigenvalue weighted by atomic mass is 9.88. The number of carbonyl (C=O) groups excluding carboxylic acids is 1. The second-order valence-corrected chi connectivity index (χ2v) is 6.72. The number of benzene rings is 1. The SMILES string of the molecule is Cc1nc(-c2ccc3c(c2)CC[C@H]3NC(=O)NC2CC(F)(F)C2)no1. The molecule has 0 spiro atoms. The van der Waals surface area contributed by atoms with Gasteiger partial charge in [-0.25, -0.2) is 13.6 Å². The number of hydrogen-bond donors (Lipinski definition) is 2. The molecule has 8 heteroatoms. The van der Waals surface area contributed by atoms with Crippen LogP contribution in [0.5, 0.6) is 0 Å². The van der Waals surface area contributed by atoms with E-state index in [0.29, 0.717) is 11.7 Å². The number of fused-ring (bicyclic) bond motifs is 1. The van der Waals surface area contributed by atoms with E-state index in [0.717, 1.165) is 29.5 Å². The van der Waals surface area contributed by atoms with E-state index in [-0.39, 0.29) is 18.9 Å². The molecule has 2 N–H and O–H groups in total. The number of hydrogen-bond acceptors (Lipinski definition) is 4. The van der Waals surface area contributed by atoms with Crippen LogP contribution >= 0.6 is 0 Å². The summed E-state index contributed by atoms with van der Waals surface area (Å²) in [5, 5.41) is 9.40. The quantitative estimate of drug-likeness (QED) is 0.893. The predicted molar refractivity (Wildman–Crippen MR) is 85.2 cm³/mol. The molecule has 0 aliphatic heterocycles. The molecule has 1 heterocycles. The molecule has 132 valence electrons. The van der Waals surface area contributed by atoms with Crippen LogP contribution in [0.15, 0.2) is 22.7 Å². The number of rotatable bonds is 3. The highest BCUT2D eigenvalue weighted by Crippen LogP contribution is 2.37. The first kappa shape index (κ1) is 16.0. The third-order valence-electron chi connectivity index (χ3n) is 4.74. The Labute approximate surface area is 143 Å². The largest absolute Gasteiger partial charge is 0.339 e. The number of aryl methyl sites for hydroxylation is 2. The number of halogens is 2. The predicted octanol–water partition coefficient (Wildman–Crippen LogP) is 3.13. The van der Waals surface area contributed by atoms with Gasteiger partial charge in [0.05, 0.1) is 6.04 Å². The smallest absolute Gasteiger partial charge is 0.315 e. The number of carbonyl (C=O) groups is 1. The maximum absolute atomic E-state index is 12.8. The molecule has 1 fully saturated rings. The fourth-order valence-corrected chi connectivity index (χ4v) is 3.47. The zero-order valence-electron chi connectivity index (χ0n) is 13.7. The molecule has 0 saturated heterocycles. The lowest BCUT2D eigenvalue weighted by Crippen LogP contribution is -2.53. The summed E-state index contributed by atoms with van der Waals surface area (Å²) in [6.07, 6.45) is 1.04. The second kappa shape index (κ2) is 5.79. The van der Waals surface area contributed by atoms with Crippen molar-refractivity contribution in [3.8, 4) is 11.4 Å². The summed E-state index contributed by atoms with van der Waals surface area (Å²) >= 11 is 0. The number of amides is 2. The Bertz CT molecular complexity index is 813. The minimum atomic E-state index is -2.64. The molecule has 1 atom stereocenters. The molecule has 0 bridgehead atoms. The maximum Gasteiger partial charge on any atom is 0.315 e. The first-order valence-corrected chi connectivity index (χ1v) is 8.28. The summed E-state index contributed by atoms with van der Waals surface area (Å²) in [5.74, 6) is -1.59. The average molecular weight is 348 g/mol. The molecule has 0 unspecified atom stereocenters. The number of nitrogens with zero attached hydrogens (tertiary/aromatic N) is 2. The molecule has 6 nitrogen and oxygen atoms in total. The third kappa shape index (κ3) is 3.20. The van der Waals surface area contributed by atoms with Gasteiger partial charge < -0.3 is 15.2 Å². The fraction of sp³-hybridized carbons (Fsp3) is 0.471. The van der Waals surface area contributed by atoms with Gasteiger partial charge in [-0.15, -0.1) is 0 Å². The summed E-state index contributed by atoms with van der Waals surface area (Å²) < 4.78 is 30.7. The van der Waals surface area contributed by atoms with Crippen molar-refractivity contribution in [1.29, 1.82) is 0 Å². The van der Waals surface area contributed by atoms with Gasteiger partial charge in [-0.3, -0.25) is 0 Å². The number of nitrogens with one attached hydrogen (secondary N) is 2. The van der Waals surface area contributed by atoms with Crippen LogP contribution < -0.4 is 10.6 Å². The molecule has 1 aromatic carbocycles. The van der Waals surface area contributed by atoms with Gasteiger partial charge in [-0.2, -0.15) is 4.98 Å². The summed E-state index contributed by atoms with van der Waals surface area (Å²) in [5.41, 5.74) is 3.04. The Balaban J connectivity index is 1.41. The van der Waals surface area contributed by atoms with Crippen molar-refractivity contribution < 1.29 is 18.1 Å². The molecule has 0 radical (unpaired) electrons. The normalized spacial score (nSPS) is 21.5. The van der Waals surface area contributed by atoms with Gasteiger partial charge in [-0.05, 0) is 30.0 Å². The summed E-state index contributed by atoms with van der Waals surface area (Å²) in [6, 6.07) is 4.90. The van der Waals surface area contributed by atoms with E-state index in [1.54, 1.807) is 6.92 Å². The molecule has 2 aliphatic carbocycles. The van der Waals surface area contributed by atoms with Gasteiger partial charge in [0.2, 0.25) is 11.7 Å². The van der Waals surface area contributed by atoms with E-state index in [1.165, 1.54) is 0 Å². The van der Waals surface area contributed by atoms with Gasteiger partial charge in [0.25, 0.3) is 5.92 Å². The van der Waals surface area contributed by atoms with Crippen LogP contribution in [-0.2, 0) is 6.42 Å². The summed E-state index contributed by atoms with van der Waals surface area (Å²) in [6.45, 7) is 1.74. The fourth-order valence-electron chi connectivity index (χ4n) is 3.47. The first-order chi connectivity index (χ1) is 11.9. The Morgan fingerprint density at radius 3 is 2.80 bits per heavy atom. The molecule has 1 saturated carbocycles. The average Bonchev–Trinajstić information content (AvgIpc) is 3.12. The summed E-state index contributed by atoms with van der Waals surface area (Å²) in [7, 11) is 0. The van der Waals surface area contributed by atoms with Gasteiger partial charge in [0.15, 0.2) is 0 Å². The zero-order chi connectivity index (χ0) is 17.6. The van der Waals surface area contributed by atoms with Crippen LogP contribution in [0, 0.1) is 6.92 Å². The van der Waals surface area contributed by atoms with Crippen molar-refractivity contribution in [2.45, 2.75) is 50.6 Å². The van der Waals surface area contributed by atoms with Gasteiger partial charge in [0, 0.05) is 31.4 Å².